The Hall–Kier alpha value is -0.640. The van der Waals surface area contributed by atoms with Gasteiger partial charge in [0.25, 0.3) is 0 Å². The molecule has 64 valence electrons. The van der Waals surface area contributed by atoms with Gasteiger partial charge >= 0.3 is 42.0 Å². The fourth-order valence-corrected chi connectivity index (χ4v) is 0.858. The monoisotopic (exact) mass is 188 g/mol. The van der Waals surface area contributed by atoms with Gasteiger partial charge in [0, 0.05) is 0 Å². The number of ether oxygens (including phenoxy) is 1. The summed E-state index contributed by atoms with van der Waals surface area (Å²) in [6.45, 7) is 0.144. The minimum absolute atomic E-state index is 0. The standard InChI is InChI=1S/C9H8O3.Na.H/c10-7-12-9(11)6-8-4-2-1-3-5-8;;/h1-5,7H,6H2;;. The normalized spacial score (nSPS) is 8.31. The van der Waals surface area contributed by atoms with E-state index in [0.29, 0.717) is 0 Å². The van der Waals surface area contributed by atoms with Gasteiger partial charge in [0.1, 0.15) is 0 Å². The van der Waals surface area contributed by atoms with Gasteiger partial charge in [-0.1, -0.05) is 30.3 Å². The van der Waals surface area contributed by atoms with Crippen LogP contribution in [0.25, 0.3) is 0 Å². The Morgan fingerprint density at radius 1 is 1.31 bits per heavy atom. The summed E-state index contributed by atoms with van der Waals surface area (Å²) in [7, 11) is 0. The van der Waals surface area contributed by atoms with E-state index in [1.165, 1.54) is 0 Å². The topological polar surface area (TPSA) is 43.4 Å². The van der Waals surface area contributed by atoms with Crippen LogP contribution in [-0.4, -0.2) is 42.0 Å². The average molecular weight is 188 g/mol. The second-order valence-corrected chi connectivity index (χ2v) is 2.25. The number of rotatable bonds is 3. The molecule has 0 heterocycles. The van der Waals surface area contributed by atoms with E-state index in [-0.39, 0.29) is 42.5 Å². The zero-order valence-electron chi connectivity index (χ0n) is 6.40. The third kappa shape index (κ3) is 4.83. The van der Waals surface area contributed by atoms with Gasteiger partial charge in [-0.15, -0.1) is 0 Å². The van der Waals surface area contributed by atoms with Crippen LogP contribution in [-0.2, 0) is 20.7 Å². The molecule has 0 spiro atoms. The van der Waals surface area contributed by atoms with Gasteiger partial charge in [-0.05, 0) is 5.56 Å². The van der Waals surface area contributed by atoms with E-state index in [0.717, 1.165) is 5.56 Å². The molecule has 0 aliphatic rings. The van der Waals surface area contributed by atoms with Crippen LogP contribution in [0.2, 0.25) is 0 Å². The molecule has 0 atom stereocenters. The second-order valence-electron chi connectivity index (χ2n) is 2.25. The van der Waals surface area contributed by atoms with Gasteiger partial charge in [-0.2, -0.15) is 0 Å². The molecule has 0 saturated heterocycles. The van der Waals surface area contributed by atoms with Gasteiger partial charge in [0.2, 0.25) is 0 Å². The van der Waals surface area contributed by atoms with E-state index >= 15 is 0 Å². The van der Waals surface area contributed by atoms with Gasteiger partial charge in [0.05, 0.1) is 6.42 Å². The molecule has 1 rings (SSSR count). The zero-order valence-corrected chi connectivity index (χ0v) is 6.40. The fraction of sp³-hybridized carbons (Fsp3) is 0.111. The van der Waals surface area contributed by atoms with Crippen LogP contribution < -0.4 is 0 Å². The maximum atomic E-state index is 10.8. The third-order valence-electron chi connectivity index (χ3n) is 1.37. The molecule has 0 fully saturated rings. The fourth-order valence-electron chi connectivity index (χ4n) is 0.858. The first-order chi connectivity index (χ1) is 5.83. The summed E-state index contributed by atoms with van der Waals surface area (Å²) in [4.78, 5) is 20.5. The number of carbonyl (C=O) groups excluding carboxylic acids is 2. The summed E-state index contributed by atoms with van der Waals surface area (Å²) in [6.07, 6.45) is 0.138. The molecule has 0 unspecified atom stereocenters. The maximum absolute atomic E-state index is 10.8. The molecule has 4 heteroatoms. The van der Waals surface area contributed by atoms with E-state index < -0.39 is 5.97 Å². The Bertz CT molecular complexity index is 271. The van der Waals surface area contributed by atoms with Crippen molar-refractivity contribution in [2.45, 2.75) is 6.42 Å². The Balaban J connectivity index is 0.00000144. The van der Waals surface area contributed by atoms with Crippen molar-refractivity contribution in [1.29, 1.82) is 0 Å². The summed E-state index contributed by atoms with van der Waals surface area (Å²) < 4.78 is 4.13. The molecule has 0 saturated carbocycles. The van der Waals surface area contributed by atoms with Crippen LogP contribution in [0.4, 0.5) is 0 Å². The average Bonchev–Trinajstić information content (AvgIpc) is 2.06. The van der Waals surface area contributed by atoms with Crippen LogP contribution in [0.3, 0.4) is 0 Å². The van der Waals surface area contributed by atoms with Gasteiger partial charge in [-0.25, -0.2) is 0 Å². The quantitative estimate of drug-likeness (QED) is 0.296. The predicted octanol–water partition coefficient (Wildman–Crippen LogP) is 0.280. The molecule has 1 aromatic carbocycles. The number of hydrogen-bond donors (Lipinski definition) is 0. The second kappa shape index (κ2) is 6.83. The van der Waals surface area contributed by atoms with E-state index in [1.807, 2.05) is 18.2 Å². The molecule has 0 aliphatic heterocycles. The van der Waals surface area contributed by atoms with Crippen molar-refractivity contribution in [3.8, 4) is 0 Å². The Morgan fingerprint density at radius 2 is 1.92 bits per heavy atom. The minimum atomic E-state index is -0.531. The van der Waals surface area contributed by atoms with Crippen molar-refractivity contribution in [1.82, 2.24) is 0 Å². The molecule has 3 nitrogen and oxygen atoms in total. The molecular weight excluding hydrogens is 179 g/mol. The van der Waals surface area contributed by atoms with E-state index in [2.05, 4.69) is 4.74 Å². The Morgan fingerprint density at radius 3 is 2.46 bits per heavy atom. The van der Waals surface area contributed by atoms with Gasteiger partial charge in [0.15, 0.2) is 0 Å². The van der Waals surface area contributed by atoms with E-state index in [1.54, 1.807) is 12.1 Å². The number of esters is 1. The molecule has 0 N–H and O–H groups in total. The SMILES string of the molecule is O=COC(=O)Cc1ccccc1.[NaH]. The Labute approximate surface area is 98.4 Å². The summed E-state index contributed by atoms with van der Waals surface area (Å²) in [5.74, 6) is -0.531. The summed E-state index contributed by atoms with van der Waals surface area (Å²) in [5.41, 5.74) is 0.837. The zero-order chi connectivity index (χ0) is 8.81. The number of benzene rings is 1. The van der Waals surface area contributed by atoms with Crippen LogP contribution in [0.15, 0.2) is 30.3 Å². The van der Waals surface area contributed by atoms with Gasteiger partial charge < -0.3 is 4.74 Å². The van der Waals surface area contributed by atoms with Crippen LogP contribution in [0.1, 0.15) is 5.56 Å². The third-order valence-corrected chi connectivity index (χ3v) is 1.37. The van der Waals surface area contributed by atoms with Crippen LogP contribution in [0, 0.1) is 0 Å². The first-order valence-electron chi connectivity index (χ1n) is 3.50. The molecule has 0 aliphatic carbocycles. The van der Waals surface area contributed by atoms with E-state index in [9.17, 15) is 9.59 Å². The molecular formula is C9H9NaO3. The van der Waals surface area contributed by atoms with Crippen molar-refractivity contribution in [2.24, 2.45) is 0 Å². The van der Waals surface area contributed by atoms with Crippen LogP contribution in [0.5, 0.6) is 0 Å². The molecule has 1 aromatic rings. The number of hydrogen-bond acceptors (Lipinski definition) is 3. The Kier molecular flexibility index (Phi) is 6.49. The van der Waals surface area contributed by atoms with Crippen molar-refractivity contribution in [3.63, 3.8) is 0 Å². The summed E-state index contributed by atoms with van der Waals surface area (Å²) in [5, 5.41) is 0. The summed E-state index contributed by atoms with van der Waals surface area (Å²) >= 11 is 0. The van der Waals surface area contributed by atoms with Crippen molar-refractivity contribution >= 4 is 42.0 Å². The number of carbonyl (C=O) groups is 2. The van der Waals surface area contributed by atoms with E-state index in [4.69, 9.17) is 0 Å². The van der Waals surface area contributed by atoms with Crippen molar-refractivity contribution in [2.75, 3.05) is 0 Å². The first-order valence-corrected chi connectivity index (χ1v) is 3.50. The van der Waals surface area contributed by atoms with Crippen LogP contribution >= 0.6 is 0 Å². The van der Waals surface area contributed by atoms with Crippen molar-refractivity contribution in [3.05, 3.63) is 35.9 Å². The first kappa shape index (κ1) is 12.4. The predicted molar refractivity (Wildman–Crippen MR) is 49.5 cm³/mol. The molecule has 0 amide bonds. The van der Waals surface area contributed by atoms with Crippen molar-refractivity contribution < 1.29 is 14.3 Å². The summed E-state index contributed by atoms with van der Waals surface area (Å²) in [6, 6.07) is 9.10. The molecule has 0 bridgehead atoms. The molecule has 0 radical (unpaired) electrons. The molecule has 0 aromatic heterocycles. The molecule has 13 heavy (non-hydrogen) atoms. The van der Waals surface area contributed by atoms with Gasteiger partial charge in [-0.3, -0.25) is 9.59 Å².